The number of ether oxygens (including phenoxy) is 1. The minimum Gasteiger partial charge on any atom is -0.392 e. The number of rotatable bonds is 7. The summed E-state index contributed by atoms with van der Waals surface area (Å²) < 4.78 is 6.00. The van der Waals surface area contributed by atoms with Crippen molar-refractivity contribution >= 4 is 0 Å². The standard InChI is InChI=1S/C18H29NO2/c1-13(2)12-21-17-9-16(18(17,3)4)19-10-14-5-7-15(11-20)8-6-14/h5-8,13,16-17,19-20H,9-12H2,1-4H3. The average molecular weight is 291 g/mol. The van der Waals surface area contributed by atoms with E-state index in [0.29, 0.717) is 18.1 Å². The van der Waals surface area contributed by atoms with Crippen LogP contribution >= 0.6 is 0 Å². The van der Waals surface area contributed by atoms with E-state index < -0.39 is 0 Å². The third-order valence-corrected chi connectivity index (χ3v) is 4.57. The molecule has 0 aromatic heterocycles. The highest BCUT2D eigenvalue weighted by Gasteiger charge is 2.48. The molecule has 0 aliphatic heterocycles. The number of hydrogen-bond donors (Lipinski definition) is 2. The van der Waals surface area contributed by atoms with Crippen molar-refractivity contribution < 1.29 is 9.84 Å². The van der Waals surface area contributed by atoms with E-state index in [4.69, 9.17) is 9.84 Å². The summed E-state index contributed by atoms with van der Waals surface area (Å²) in [6, 6.07) is 8.63. The Morgan fingerprint density at radius 1 is 1.24 bits per heavy atom. The molecule has 118 valence electrons. The van der Waals surface area contributed by atoms with Gasteiger partial charge in [-0.1, -0.05) is 52.0 Å². The summed E-state index contributed by atoms with van der Waals surface area (Å²) in [5, 5.41) is 12.7. The van der Waals surface area contributed by atoms with Gasteiger partial charge in [-0.25, -0.2) is 0 Å². The van der Waals surface area contributed by atoms with Gasteiger partial charge in [-0.05, 0) is 23.5 Å². The minimum atomic E-state index is 0.109. The number of aliphatic hydroxyl groups excluding tert-OH is 1. The van der Waals surface area contributed by atoms with Crippen molar-refractivity contribution in [2.24, 2.45) is 11.3 Å². The van der Waals surface area contributed by atoms with Crippen molar-refractivity contribution in [3.63, 3.8) is 0 Å². The molecular formula is C18H29NO2. The van der Waals surface area contributed by atoms with Crippen LogP contribution in [0.15, 0.2) is 24.3 Å². The maximum absolute atomic E-state index is 9.05. The van der Waals surface area contributed by atoms with Crippen LogP contribution in [0.2, 0.25) is 0 Å². The molecule has 0 heterocycles. The number of aliphatic hydroxyl groups is 1. The molecule has 1 aromatic rings. The Kier molecular flexibility index (Phi) is 5.42. The summed E-state index contributed by atoms with van der Waals surface area (Å²) in [5.74, 6) is 0.595. The lowest BCUT2D eigenvalue weighted by Crippen LogP contribution is -2.60. The monoisotopic (exact) mass is 291 g/mol. The number of nitrogens with one attached hydrogen (secondary N) is 1. The van der Waals surface area contributed by atoms with Gasteiger partial charge in [0.2, 0.25) is 0 Å². The highest BCUT2D eigenvalue weighted by atomic mass is 16.5. The molecule has 2 atom stereocenters. The molecule has 1 aromatic carbocycles. The molecule has 3 heteroatoms. The van der Waals surface area contributed by atoms with Crippen molar-refractivity contribution in [1.82, 2.24) is 5.32 Å². The average Bonchev–Trinajstić information content (AvgIpc) is 2.46. The molecule has 3 nitrogen and oxygen atoms in total. The first-order valence-electron chi connectivity index (χ1n) is 7.97. The van der Waals surface area contributed by atoms with E-state index in [9.17, 15) is 0 Å². The van der Waals surface area contributed by atoms with Gasteiger partial charge in [0.15, 0.2) is 0 Å². The van der Waals surface area contributed by atoms with Crippen LogP contribution in [-0.2, 0) is 17.9 Å². The Balaban J connectivity index is 1.79. The van der Waals surface area contributed by atoms with Gasteiger partial charge in [0.1, 0.15) is 0 Å². The molecule has 2 N–H and O–H groups in total. The predicted molar refractivity (Wildman–Crippen MR) is 86.0 cm³/mol. The molecule has 1 aliphatic rings. The molecule has 0 amide bonds. The topological polar surface area (TPSA) is 41.5 Å². The second-order valence-corrected chi connectivity index (χ2v) is 7.18. The number of hydrogen-bond acceptors (Lipinski definition) is 3. The zero-order chi connectivity index (χ0) is 15.5. The summed E-state index contributed by atoms with van der Waals surface area (Å²) in [6.07, 6.45) is 1.46. The second kappa shape index (κ2) is 6.91. The lowest BCUT2D eigenvalue weighted by molar-refractivity contribution is -0.124. The van der Waals surface area contributed by atoms with E-state index in [1.807, 2.05) is 12.1 Å². The van der Waals surface area contributed by atoms with Crippen LogP contribution in [0.1, 0.15) is 45.2 Å². The second-order valence-electron chi connectivity index (χ2n) is 7.18. The van der Waals surface area contributed by atoms with Gasteiger partial charge >= 0.3 is 0 Å². The van der Waals surface area contributed by atoms with Crippen LogP contribution < -0.4 is 5.32 Å². The highest BCUT2D eigenvalue weighted by molar-refractivity contribution is 5.22. The van der Waals surface area contributed by atoms with Gasteiger partial charge in [0, 0.05) is 24.6 Å². The van der Waals surface area contributed by atoms with Gasteiger partial charge in [-0.2, -0.15) is 0 Å². The van der Waals surface area contributed by atoms with Gasteiger partial charge in [-0.15, -0.1) is 0 Å². The maximum Gasteiger partial charge on any atom is 0.0681 e. The zero-order valence-corrected chi connectivity index (χ0v) is 13.7. The van der Waals surface area contributed by atoms with Gasteiger partial charge in [0.05, 0.1) is 12.7 Å². The van der Waals surface area contributed by atoms with Crippen molar-refractivity contribution in [3.8, 4) is 0 Å². The predicted octanol–water partition coefficient (Wildman–Crippen LogP) is 3.11. The molecule has 1 fully saturated rings. The Hall–Kier alpha value is -0.900. The van der Waals surface area contributed by atoms with Crippen LogP contribution in [0.5, 0.6) is 0 Å². The zero-order valence-electron chi connectivity index (χ0n) is 13.7. The third-order valence-electron chi connectivity index (χ3n) is 4.57. The summed E-state index contributed by atoms with van der Waals surface area (Å²) in [5.41, 5.74) is 2.42. The first kappa shape index (κ1) is 16.5. The molecule has 0 saturated heterocycles. The first-order chi connectivity index (χ1) is 9.93. The fraction of sp³-hybridized carbons (Fsp3) is 0.667. The molecule has 1 aliphatic carbocycles. The van der Waals surface area contributed by atoms with Gasteiger partial charge < -0.3 is 15.2 Å². The molecule has 0 radical (unpaired) electrons. The smallest absolute Gasteiger partial charge is 0.0681 e. The summed E-state index contributed by atoms with van der Waals surface area (Å²) in [7, 11) is 0. The highest BCUT2D eigenvalue weighted by Crippen LogP contribution is 2.43. The van der Waals surface area contributed by atoms with Crippen LogP contribution in [0.4, 0.5) is 0 Å². The van der Waals surface area contributed by atoms with Crippen molar-refractivity contribution in [3.05, 3.63) is 35.4 Å². The van der Waals surface area contributed by atoms with E-state index in [2.05, 4.69) is 45.1 Å². The third kappa shape index (κ3) is 4.06. The van der Waals surface area contributed by atoms with Crippen LogP contribution in [-0.4, -0.2) is 23.9 Å². The molecular weight excluding hydrogens is 262 g/mol. The molecule has 2 rings (SSSR count). The fourth-order valence-corrected chi connectivity index (χ4v) is 2.83. The van der Waals surface area contributed by atoms with E-state index in [0.717, 1.165) is 25.1 Å². The SMILES string of the molecule is CC(C)COC1CC(NCc2ccc(CO)cc2)C1(C)C. The lowest BCUT2D eigenvalue weighted by atomic mass is 9.64. The van der Waals surface area contributed by atoms with E-state index >= 15 is 0 Å². The molecule has 2 unspecified atom stereocenters. The van der Waals surface area contributed by atoms with Crippen LogP contribution in [0, 0.1) is 11.3 Å². The quantitative estimate of drug-likeness (QED) is 0.811. The van der Waals surface area contributed by atoms with E-state index in [-0.39, 0.29) is 12.0 Å². The summed E-state index contributed by atoms with van der Waals surface area (Å²) in [4.78, 5) is 0. The summed E-state index contributed by atoms with van der Waals surface area (Å²) in [6.45, 7) is 10.8. The minimum absolute atomic E-state index is 0.109. The Morgan fingerprint density at radius 2 is 1.86 bits per heavy atom. The fourth-order valence-electron chi connectivity index (χ4n) is 2.83. The van der Waals surface area contributed by atoms with E-state index in [1.54, 1.807) is 0 Å². The summed E-state index contributed by atoms with van der Waals surface area (Å²) >= 11 is 0. The Bertz CT molecular complexity index is 439. The first-order valence-corrected chi connectivity index (χ1v) is 7.97. The van der Waals surface area contributed by atoms with Crippen LogP contribution in [0.3, 0.4) is 0 Å². The van der Waals surface area contributed by atoms with Crippen molar-refractivity contribution in [1.29, 1.82) is 0 Å². The largest absolute Gasteiger partial charge is 0.392 e. The normalized spacial score (nSPS) is 24.1. The Labute approximate surface area is 128 Å². The van der Waals surface area contributed by atoms with Gasteiger partial charge in [0.25, 0.3) is 0 Å². The van der Waals surface area contributed by atoms with Crippen molar-refractivity contribution in [2.45, 2.75) is 59.4 Å². The molecule has 21 heavy (non-hydrogen) atoms. The molecule has 0 spiro atoms. The molecule has 1 saturated carbocycles. The van der Waals surface area contributed by atoms with Gasteiger partial charge in [-0.3, -0.25) is 0 Å². The van der Waals surface area contributed by atoms with E-state index in [1.165, 1.54) is 5.56 Å². The Morgan fingerprint density at radius 3 is 2.38 bits per heavy atom. The lowest BCUT2D eigenvalue weighted by Gasteiger charge is -2.52. The maximum atomic E-state index is 9.05. The van der Waals surface area contributed by atoms with Crippen molar-refractivity contribution in [2.75, 3.05) is 6.61 Å². The molecule has 0 bridgehead atoms. The number of benzene rings is 1. The van der Waals surface area contributed by atoms with Crippen LogP contribution in [0.25, 0.3) is 0 Å².